The van der Waals surface area contributed by atoms with Crippen LogP contribution in [0.5, 0.6) is 0 Å². The van der Waals surface area contributed by atoms with Gasteiger partial charge < -0.3 is 10.2 Å². The van der Waals surface area contributed by atoms with Crippen molar-refractivity contribution in [2.45, 2.75) is 6.42 Å². The molecule has 0 heterocycles. The van der Waals surface area contributed by atoms with Gasteiger partial charge in [-0.15, -0.1) is 0 Å². The molecule has 7 nitrogen and oxygen atoms in total. The highest BCUT2D eigenvalue weighted by molar-refractivity contribution is 5.94. The van der Waals surface area contributed by atoms with Crippen LogP contribution in [0.4, 0.5) is 5.69 Å². The molecule has 0 aliphatic rings. The Labute approximate surface area is 110 Å². The molecule has 102 valence electrons. The standard InChI is InChI=1S/C12H15N3O4/c1-14(2)11(16)7-8-13-12(17)9-3-5-10(6-4-9)15(18)19/h3-6H,7-8H2,1-2H3,(H,13,17). The van der Waals surface area contributed by atoms with E-state index in [9.17, 15) is 19.7 Å². The highest BCUT2D eigenvalue weighted by Gasteiger charge is 2.10. The van der Waals surface area contributed by atoms with E-state index in [1.807, 2.05) is 0 Å². The Balaban J connectivity index is 2.50. The van der Waals surface area contributed by atoms with Crippen molar-refractivity contribution in [1.29, 1.82) is 0 Å². The summed E-state index contributed by atoms with van der Waals surface area (Å²) in [6, 6.07) is 5.28. The lowest BCUT2D eigenvalue weighted by atomic mass is 10.2. The lowest BCUT2D eigenvalue weighted by Crippen LogP contribution is -2.30. The molecule has 19 heavy (non-hydrogen) atoms. The fraction of sp³-hybridized carbons (Fsp3) is 0.333. The van der Waals surface area contributed by atoms with E-state index in [0.29, 0.717) is 5.56 Å². The van der Waals surface area contributed by atoms with Gasteiger partial charge in [-0.05, 0) is 12.1 Å². The summed E-state index contributed by atoms with van der Waals surface area (Å²) in [6.07, 6.45) is 0.214. The first-order valence-corrected chi connectivity index (χ1v) is 5.64. The molecule has 0 bridgehead atoms. The SMILES string of the molecule is CN(C)C(=O)CCNC(=O)c1ccc([N+](=O)[O-])cc1. The molecule has 0 radical (unpaired) electrons. The lowest BCUT2D eigenvalue weighted by molar-refractivity contribution is -0.384. The summed E-state index contributed by atoms with van der Waals surface area (Å²) < 4.78 is 0. The summed E-state index contributed by atoms with van der Waals surface area (Å²) in [5.41, 5.74) is 0.252. The predicted molar refractivity (Wildman–Crippen MR) is 68.7 cm³/mol. The maximum absolute atomic E-state index is 11.7. The van der Waals surface area contributed by atoms with Crippen molar-refractivity contribution in [3.05, 3.63) is 39.9 Å². The van der Waals surface area contributed by atoms with Gasteiger partial charge in [-0.1, -0.05) is 0 Å². The molecule has 0 saturated carbocycles. The molecule has 2 amide bonds. The smallest absolute Gasteiger partial charge is 0.269 e. The number of amides is 2. The van der Waals surface area contributed by atoms with Gasteiger partial charge in [0.05, 0.1) is 4.92 Å². The van der Waals surface area contributed by atoms with Crippen LogP contribution in [0.1, 0.15) is 16.8 Å². The first-order valence-electron chi connectivity index (χ1n) is 5.64. The molecule has 1 aromatic carbocycles. The molecule has 7 heteroatoms. The Morgan fingerprint density at radius 3 is 2.32 bits per heavy atom. The van der Waals surface area contributed by atoms with Gasteiger partial charge in [0, 0.05) is 44.8 Å². The summed E-state index contributed by atoms with van der Waals surface area (Å²) in [5, 5.41) is 13.0. The minimum absolute atomic E-state index is 0.0701. The molecule has 0 atom stereocenters. The zero-order chi connectivity index (χ0) is 14.4. The van der Waals surface area contributed by atoms with Gasteiger partial charge in [0.25, 0.3) is 11.6 Å². The molecule has 0 unspecified atom stereocenters. The first-order chi connectivity index (χ1) is 8.91. The lowest BCUT2D eigenvalue weighted by Gasteiger charge is -2.10. The van der Waals surface area contributed by atoms with Gasteiger partial charge >= 0.3 is 0 Å². The molecular formula is C12H15N3O4. The predicted octanol–water partition coefficient (Wildman–Crippen LogP) is 0.803. The van der Waals surface area contributed by atoms with E-state index in [4.69, 9.17) is 0 Å². The van der Waals surface area contributed by atoms with Crippen molar-refractivity contribution in [3.8, 4) is 0 Å². The number of nitrogens with zero attached hydrogens (tertiary/aromatic N) is 2. The average Bonchev–Trinajstić information content (AvgIpc) is 2.38. The highest BCUT2D eigenvalue weighted by atomic mass is 16.6. The van der Waals surface area contributed by atoms with Crippen LogP contribution in [0.15, 0.2) is 24.3 Å². The largest absolute Gasteiger partial charge is 0.352 e. The quantitative estimate of drug-likeness (QED) is 0.629. The number of carbonyl (C=O) groups is 2. The number of benzene rings is 1. The fourth-order valence-corrected chi connectivity index (χ4v) is 1.34. The van der Waals surface area contributed by atoms with E-state index < -0.39 is 4.92 Å². The number of non-ortho nitro benzene ring substituents is 1. The monoisotopic (exact) mass is 265 g/mol. The van der Waals surface area contributed by atoms with Crippen molar-refractivity contribution < 1.29 is 14.5 Å². The van der Waals surface area contributed by atoms with Crippen LogP contribution in [-0.2, 0) is 4.79 Å². The Morgan fingerprint density at radius 1 is 1.26 bits per heavy atom. The van der Waals surface area contributed by atoms with Crippen molar-refractivity contribution in [2.24, 2.45) is 0 Å². The molecule has 1 rings (SSSR count). The third-order valence-corrected chi connectivity index (χ3v) is 2.46. The zero-order valence-corrected chi connectivity index (χ0v) is 10.8. The van der Waals surface area contributed by atoms with E-state index in [-0.39, 0.29) is 30.5 Å². The second-order valence-corrected chi connectivity index (χ2v) is 4.10. The van der Waals surface area contributed by atoms with Crippen molar-refractivity contribution in [3.63, 3.8) is 0 Å². The maximum Gasteiger partial charge on any atom is 0.269 e. The van der Waals surface area contributed by atoms with E-state index >= 15 is 0 Å². The highest BCUT2D eigenvalue weighted by Crippen LogP contribution is 2.11. The Kier molecular flexibility index (Phi) is 4.99. The third kappa shape index (κ3) is 4.38. The van der Waals surface area contributed by atoms with Crippen LogP contribution in [0.3, 0.4) is 0 Å². The average molecular weight is 265 g/mol. The Hall–Kier alpha value is -2.44. The summed E-state index contributed by atoms with van der Waals surface area (Å²) in [5.74, 6) is -0.439. The molecule has 0 saturated heterocycles. The maximum atomic E-state index is 11.7. The molecule has 1 N–H and O–H groups in total. The second-order valence-electron chi connectivity index (χ2n) is 4.10. The van der Waals surface area contributed by atoms with Gasteiger partial charge in [0.2, 0.25) is 5.91 Å². The summed E-state index contributed by atoms with van der Waals surface area (Å²) in [7, 11) is 3.28. The topological polar surface area (TPSA) is 92.6 Å². The van der Waals surface area contributed by atoms with Gasteiger partial charge in [0.15, 0.2) is 0 Å². The van der Waals surface area contributed by atoms with E-state index in [2.05, 4.69) is 5.32 Å². The number of hydrogen-bond donors (Lipinski definition) is 1. The van der Waals surface area contributed by atoms with Crippen LogP contribution >= 0.6 is 0 Å². The number of carbonyl (C=O) groups excluding carboxylic acids is 2. The normalized spacial score (nSPS) is 9.79. The summed E-state index contributed by atoms with van der Waals surface area (Å²) in [6.45, 7) is 0.229. The molecule has 0 spiro atoms. The van der Waals surface area contributed by atoms with Crippen LogP contribution < -0.4 is 5.32 Å². The number of hydrogen-bond acceptors (Lipinski definition) is 4. The summed E-state index contributed by atoms with van der Waals surface area (Å²) in [4.78, 5) is 34.3. The van der Waals surface area contributed by atoms with Crippen molar-refractivity contribution in [2.75, 3.05) is 20.6 Å². The van der Waals surface area contributed by atoms with Crippen LogP contribution in [-0.4, -0.2) is 42.3 Å². The van der Waals surface area contributed by atoms with E-state index in [1.54, 1.807) is 14.1 Å². The molecular weight excluding hydrogens is 250 g/mol. The van der Waals surface area contributed by atoms with Crippen LogP contribution in [0, 0.1) is 10.1 Å². The zero-order valence-electron chi connectivity index (χ0n) is 10.8. The minimum Gasteiger partial charge on any atom is -0.352 e. The number of nitro groups is 1. The van der Waals surface area contributed by atoms with Crippen LogP contribution in [0.2, 0.25) is 0 Å². The van der Waals surface area contributed by atoms with Crippen molar-refractivity contribution in [1.82, 2.24) is 10.2 Å². The van der Waals surface area contributed by atoms with E-state index in [0.717, 1.165) is 0 Å². The molecule has 0 aliphatic carbocycles. The molecule has 0 fully saturated rings. The van der Waals surface area contributed by atoms with Crippen molar-refractivity contribution >= 4 is 17.5 Å². The second kappa shape index (κ2) is 6.48. The first kappa shape index (κ1) is 14.6. The minimum atomic E-state index is -0.530. The number of nitro benzene ring substituents is 1. The molecule has 0 aliphatic heterocycles. The number of rotatable bonds is 5. The molecule has 0 aromatic heterocycles. The van der Waals surface area contributed by atoms with Gasteiger partial charge in [-0.2, -0.15) is 0 Å². The van der Waals surface area contributed by atoms with Gasteiger partial charge in [0.1, 0.15) is 0 Å². The third-order valence-electron chi connectivity index (χ3n) is 2.46. The van der Waals surface area contributed by atoms with E-state index in [1.165, 1.54) is 29.2 Å². The number of nitrogens with one attached hydrogen (secondary N) is 1. The Morgan fingerprint density at radius 2 is 1.84 bits per heavy atom. The summed E-state index contributed by atoms with van der Waals surface area (Å²) >= 11 is 0. The van der Waals surface area contributed by atoms with Gasteiger partial charge in [-0.25, -0.2) is 0 Å². The fourth-order valence-electron chi connectivity index (χ4n) is 1.34. The Bertz CT molecular complexity index is 482. The van der Waals surface area contributed by atoms with Gasteiger partial charge in [-0.3, -0.25) is 19.7 Å². The van der Waals surface area contributed by atoms with Crippen LogP contribution in [0.25, 0.3) is 0 Å². The molecule has 1 aromatic rings.